The van der Waals surface area contributed by atoms with E-state index in [0.29, 0.717) is 6.08 Å². The number of sulfonamides is 2. The molecule has 1 aliphatic rings. The fourth-order valence-electron chi connectivity index (χ4n) is 2.28. The highest BCUT2D eigenvalue weighted by atomic mass is 32.3. The van der Waals surface area contributed by atoms with Crippen LogP contribution in [0.5, 0.6) is 0 Å². The summed E-state index contributed by atoms with van der Waals surface area (Å²) >= 11 is 0. The summed E-state index contributed by atoms with van der Waals surface area (Å²) in [5.74, 6) is 9.93. The van der Waals surface area contributed by atoms with E-state index in [4.69, 9.17) is 11.7 Å². The minimum atomic E-state index is -4.72. The highest BCUT2D eigenvalue weighted by Gasteiger charge is 2.54. The Labute approximate surface area is 145 Å². The molecule has 138 valence electrons. The van der Waals surface area contributed by atoms with Crippen LogP contribution in [0.15, 0.2) is 58.4 Å². The molecule has 6 N–H and O–H groups in total. The van der Waals surface area contributed by atoms with Crippen molar-refractivity contribution in [2.45, 2.75) is 15.4 Å². The molecule has 1 aromatic carbocycles. The number of benzene rings is 1. The molecule has 0 unspecified atom stereocenters. The first-order chi connectivity index (χ1) is 11.5. The monoisotopic (exact) mass is 408 g/mol. The van der Waals surface area contributed by atoms with Gasteiger partial charge in [-0.3, -0.25) is 11.7 Å². The summed E-state index contributed by atoms with van der Waals surface area (Å²) in [7, 11) is -13.6. The number of sulfone groups is 1. The topological polar surface area (TPSA) is 179 Å². The lowest BCUT2D eigenvalue weighted by Crippen LogP contribution is -2.58. The van der Waals surface area contributed by atoms with Gasteiger partial charge >= 0.3 is 0 Å². The van der Waals surface area contributed by atoms with Crippen molar-refractivity contribution in [2.24, 2.45) is 11.7 Å². The number of allylic oxidation sites excluding steroid dienone is 2. The van der Waals surface area contributed by atoms with E-state index in [9.17, 15) is 25.3 Å². The molecule has 0 bridgehead atoms. The second-order valence-electron chi connectivity index (χ2n) is 5.02. The predicted octanol–water partition coefficient (Wildman–Crippen LogP) is -1.41. The Bertz CT molecular complexity index is 994. The third kappa shape index (κ3) is 3.15. The summed E-state index contributed by atoms with van der Waals surface area (Å²) < 4.78 is 71.9. The van der Waals surface area contributed by atoms with E-state index in [-0.39, 0.29) is 4.90 Å². The third-order valence-electron chi connectivity index (χ3n) is 3.63. The molecule has 13 heteroatoms. The molecular formula is C12H16N4O6S3. The molecule has 10 nitrogen and oxygen atoms in total. The largest absolute Gasteiger partial charge is 0.258 e. The number of nitrogens with one attached hydrogen (secondary N) is 2. The molecule has 1 aromatic rings. The van der Waals surface area contributed by atoms with E-state index in [1.165, 1.54) is 33.9 Å². The first-order valence-electron chi connectivity index (χ1n) is 6.67. The highest BCUT2D eigenvalue weighted by molar-refractivity contribution is 8.09. The van der Waals surface area contributed by atoms with Crippen molar-refractivity contribution in [2.75, 3.05) is 0 Å². The zero-order valence-corrected chi connectivity index (χ0v) is 15.1. The number of hydrogen-bond donors (Lipinski definition) is 4. The van der Waals surface area contributed by atoms with Crippen molar-refractivity contribution >= 4 is 29.9 Å². The maximum absolute atomic E-state index is 12.7. The van der Waals surface area contributed by atoms with Crippen LogP contribution in [0.1, 0.15) is 6.42 Å². The van der Waals surface area contributed by atoms with E-state index in [1.54, 1.807) is 6.07 Å². The predicted molar refractivity (Wildman–Crippen MR) is 90.7 cm³/mol. The lowest BCUT2D eigenvalue weighted by Gasteiger charge is -2.30. The number of hydrogen-bond acceptors (Lipinski definition) is 8. The first kappa shape index (κ1) is 19.7. The Morgan fingerprint density at radius 3 is 1.88 bits per heavy atom. The van der Waals surface area contributed by atoms with Gasteiger partial charge in [-0.2, -0.15) is 9.66 Å². The molecule has 0 spiro atoms. The second-order valence-corrected chi connectivity index (χ2v) is 11.2. The van der Waals surface area contributed by atoms with Gasteiger partial charge in [0.1, 0.15) is 0 Å². The molecule has 25 heavy (non-hydrogen) atoms. The van der Waals surface area contributed by atoms with Gasteiger partial charge in [0.05, 0.1) is 9.80 Å². The number of hydrazine groups is 2. The summed E-state index contributed by atoms with van der Waals surface area (Å²) in [6.45, 7) is 0. The molecular weight excluding hydrogens is 392 g/mol. The maximum Gasteiger partial charge on any atom is 0.249 e. The Kier molecular flexibility index (Phi) is 5.21. The summed E-state index contributed by atoms with van der Waals surface area (Å²) in [6, 6.07) is 7.14. The Morgan fingerprint density at radius 2 is 1.40 bits per heavy atom. The van der Waals surface area contributed by atoms with Gasteiger partial charge in [0.2, 0.25) is 34.0 Å². The van der Waals surface area contributed by atoms with Crippen LogP contribution in [0.2, 0.25) is 0 Å². The van der Waals surface area contributed by atoms with E-state index in [2.05, 4.69) is 0 Å². The molecule has 1 aliphatic carbocycles. The smallest absolute Gasteiger partial charge is 0.249 e. The summed E-state index contributed by atoms with van der Waals surface area (Å²) in [4.78, 5) is 2.22. The minimum Gasteiger partial charge on any atom is -0.258 e. The molecule has 0 saturated carbocycles. The van der Waals surface area contributed by atoms with Gasteiger partial charge in [0.25, 0.3) is 0 Å². The fraction of sp³-hybridized carbons (Fsp3) is 0.167. The van der Waals surface area contributed by atoms with Gasteiger partial charge in [-0.15, -0.1) is 0 Å². The summed E-state index contributed by atoms with van der Waals surface area (Å²) in [5, 5.41) is 0. The number of rotatable bonds is 6. The molecule has 0 aliphatic heterocycles. The van der Waals surface area contributed by atoms with Crippen molar-refractivity contribution in [3.63, 3.8) is 0 Å². The van der Waals surface area contributed by atoms with E-state index in [1.807, 2.05) is 0 Å². The van der Waals surface area contributed by atoms with Crippen LogP contribution in [0.3, 0.4) is 0 Å². The van der Waals surface area contributed by atoms with Crippen molar-refractivity contribution in [1.82, 2.24) is 9.66 Å². The number of nitrogens with two attached hydrogens (primary N) is 2. The quantitative estimate of drug-likeness (QED) is 0.327. The Morgan fingerprint density at radius 1 is 0.880 bits per heavy atom. The lowest BCUT2D eigenvalue weighted by atomic mass is 10.2. The van der Waals surface area contributed by atoms with Crippen molar-refractivity contribution in [1.29, 1.82) is 0 Å². The first-order valence-corrected chi connectivity index (χ1v) is 11.1. The lowest BCUT2D eigenvalue weighted by molar-refractivity contribution is 0.542. The van der Waals surface area contributed by atoms with Crippen LogP contribution in [0.25, 0.3) is 0 Å². The third-order valence-corrected chi connectivity index (χ3v) is 9.72. The average molecular weight is 408 g/mol. The molecule has 0 saturated heterocycles. The maximum atomic E-state index is 12.7. The SMILES string of the molecule is NNS(=O)(=O)C1(S(=O)(=O)NN)C=C(S(=O)(=O)c2ccccc2)C=CC1. The van der Waals surface area contributed by atoms with Crippen LogP contribution < -0.4 is 21.3 Å². The molecule has 0 atom stereocenters. The normalized spacial score (nSPS) is 17.9. The van der Waals surface area contributed by atoms with Gasteiger partial charge < -0.3 is 0 Å². The van der Waals surface area contributed by atoms with Crippen molar-refractivity contribution in [3.05, 3.63) is 53.5 Å². The van der Waals surface area contributed by atoms with E-state index >= 15 is 0 Å². The summed E-state index contributed by atoms with van der Waals surface area (Å²) in [5.41, 5.74) is 0. The fourth-order valence-corrected chi connectivity index (χ4v) is 6.89. The van der Waals surface area contributed by atoms with Crippen molar-refractivity contribution < 1.29 is 25.3 Å². The standard InChI is InChI=1S/C12H16N4O6S3/c13-15-24(19,20)12(25(21,22)16-14)8-4-7-11(9-12)23(17,18)10-5-2-1-3-6-10/h1-7,9,15-16H,8,13-14H2. The van der Waals surface area contributed by atoms with Crippen LogP contribution >= 0.6 is 0 Å². The second kappa shape index (κ2) is 6.60. The molecule has 0 radical (unpaired) electrons. The van der Waals surface area contributed by atoms with Crippen LogP contribution in [0.4, 0.5) is 0 Å². The summed E-state index contributed by atoms with van der Waals surface area (Å²) in [6.07, 6.45) is 2.26. The molecule has 2 rings (SSSR count). The van der Waals surface area contributed by atoms with Gasteiger partial charge in [0.15, 0.2) is 0 Å². The molecule has 0 heterocycles. The zero-order valence-electron chi connectivity index (χ0n) is 12.7. The van der Waals surface area contributed by atoms with Crippen molar-refractivity contribution in [3.8, 4) is 0 Å². The van der Waals surface area contributed by atoms with Crippen LogP contribution in [-0.2, 0) is 29.9 Å². The Hall–Kier alpha value is -1.61. The van der Waals surface area contributed by atoms with Gasteiger partial charge in [-0.25, -0.2) is 25.3 Å². The molecule has 0 aromatic heterocycles. The molecule has 0 amide bonds. The van der Waals surface area contributed by atoms with Crippen LogP contribution in [-0.4, -0.2) is 29.3 Å². The van der Waals surface area contributed by atoms with Gasteiger partial charge in [-0.1, -0.05) is 24.3 Å². The van der Waals surface area contributed by atoms with Gasteiger partial charge in [0, 0.05) is 6.42 Å². The average Bonchev–Trinajstić information content (AvgIpc) is 2.62. The zero-order chi connectivity index (χ0) is 18.9. The van der Waals surface area contributed by atoms with Gasteiger partial charge in [-0.05, 0) is 24.3 Å². The van der Waals surface area contributed by atoms with Crippen LogP contribution in [0, 0.1) is 0 Å². The van der Waals surface area contributed by atoms with E-state index in [0.717, 1.165) is 12.2 Å². The van der Waals surface area contributed by atoms with E-state index < -0.39 is 45.3 Å². The Balaban J connectivity index is 2.78. The minimum absolute atomic E-state index is 0.127. The highest BCUT2D eigenvalue weighted by Crippen LogP contribution is 2.36. The molecule has 0 fully saturated rings.